The third-order valence-electron chi connectivity index (χ3n) is 1.37. The molecule has 0 saturated carbocycles. The fourth-order valence-electron chi connectivity index (χ4n) is 0.321. The molecule has 120 valence electrons. The second-order valence-electron chi connectivity index (χ2n) is 2.95. The van der Waals surface area contributed by atoms with E-state index >= 15 is 0 Å². The smallest absolute Gasteiger partial charge is 0.166 e. The zero-order valence-corrected chi connectivity index (χ0v) is 8.95. The van der Waals surface area contributed by atoms with Gasteiger partial charge in [0.2, 0.25) is 0 Å². The van der Waals surface area contributed by atoms with Crippen LogP contribution in [0.15, 0.2) is 24.3 Å². The molecule has 0 amide bonds. The summed E-state index contributed by atoms with van der Waals surface area (Å²) >= 11 is 0. The molecular formula is C8H4F12. The number of allylic oxidation sites excluding steroid dienone is 2. The van der Waals surface area contributed by atoms with Crippen molar-refractivity contribution in [3.63, 3.8) is 0 Å². The molecule has 0 rings (SSSR count). The Morgan fingerprint density at radius 3 is 0.500 bits per heavy atom. The molecule has 0 fully saturated rings. The predicted octanol–water partition coefficient (Wildman–Crippen LogP) is 5.33. The van der Waals surface area contributed by atoms with E-state index in [2.05, 4.69) is 0 Å². The lowest BCUT2D eigenvalue weighted by molar-refractivity contribution is -0.172. The van der Waals surface area contributed by atoms with Gasteiger partial charge in [0, 0.05) is 0 Å². The maximum Gasteiger partial charge on any atom is 0.420 e. The van der Waals surface area contributed by atoms with Crippen LogP contribution in [-0.4, -0.2) is 24.7 Å². The van der Waals surface area contributed by atoms with Gasteiger partial charge in [0.05, 0.1) is 0 Å². The van der Waals surface area contributed by atoms with Crippen molar-refractivity contribution in [2.75, 3.05) is 0 Å². The molecule has 0 saturated heterocycles. The second-order valence-corrected chi connectivity index (χ2v) is 2.95. The summed E-state index contributed by atoms with van der Waals surface area (Å²) in [6, 6.07) is 0. The van der Waals surface area contributed by atoms with Crippen molar-refractivity contribution in [1.29, 1.82) is 0 Å². The van der Waals surface area contributed by atoms with E-state index in [-0.39, 0.29) is 0 Å². The van der Waals surface area contributed by atoms with Crippen LogP contribution in [0.3, 0.4) is 0 Å². The first-order valence-electron chi connectivity index (χ1n) is 3.97. The van der Waals surface area contributed by atoms with Crippen LogP contribution in [0.4, 0.5) is 52.7 Å². The third kappa shape index (κ3) is 7.94. The molecular weight excluding hydrogens is 324 g/mol. The summed E-state index contributed by atoms with van der Waals surface area (Å²) in [5, 5.41) is 0. The van der Waals surface area contributed by atoms with E-state index in [9.17, 15) is 52.7 Å². The van der Waals surface area contributed by atoms with Gasteiger partial charge in [-0.05, 0) is 0 Å². The maximum atomic E-state index is 11.1. The lowest BCUT2D eigenvalue weighted by atomic mass is 10.3. The molecule has 0 aliphatic rings. The maximum absolute atomic E-state index is 11.1. The number of hydrogen-bond donors (Lipinski definition) is 0. The van der Waals surface area contributed by atoms with Gasteiger partial charge in [-0.25, -0.2) is 0 Å². The second kappa shape index (κ2) is 5.95. The van der Waals surface area contributed by atoms with E-state index in [1.165, 1.54) is 0 Å². The van der Waals surface area contributed by atoms with Gasteiger partial charge in [-0.2, -0.15) is 52.7 Å². The van der Waals surface area contributed by atoms with Gasteiger partial charge in [0.25, 0.3) is 0 Å². The average Bonchev–Trinajstić information content (AvgIpc) is 2.10. The largest absolute Gasteiger partial charge is 0.420 e. The molecule has 0 heterocycles. The molecule has 0 aromatic carbocycles. The lowest BCUT2D eigenvalue weighted by Gasteiger charge is -2.12. The number of hydrogen-bond acceptors (Lipinski definition) is 0. The van der Waals surface area contributed by atoms with E-state index in [1.807, 2.05) is 13.2 Å². The summed E-state index contributed by atoms with van der Waals surface area (Å²) in [6.07, 6.45) is -21.5. The monoisotopic (exact) mass is 328 g/mol. The van der Waals surface area contributed by atoms with Crippen LogP contribution < -0.4 is 0 Å². The van der Waals surface area contributed by atoms with Crippen molar-refractivity contribution in [2.24, 2.45) is 0 Å². The van der Waals surface area contributed by atoms with Crippen LogP contribution in [0.1, 0.15) is 0 Å². The summed E-state index contributed by atoms with van der Waals surface area (Å²) < 4.78 is 134. The molecule has 0 atom stereocenters. The molecule has 20 heavy (non-hydrogen) atoms. The van der Waals surface area contributed by atoms with Crippen LogP contribution >= 0.6 is 0 Å². The highest BCUT2D eigenvalue weighted by Gasteiger charge is 2.49. The van der Waals surface area contributed by atoms with Gasteiger partial charge in [-0.3, -0.25) is 0 Å². The van der Waals surface area contributed by atoms with Gasteiger partial charge >= 0.3 is 24.7 Å². The Labute approximate surface area is 103 Å². The highest BCUT2D eigenvalue weighted by atomic mass is 19.4. The topological polar surface area (TPSA) is 0 Å². The van der Waals surface area contributed by atoms with Crippen LogP contribution in [0, 0.1) is 0 Å². The van der Waals surface area contributed by atoms with Crippen molar-refractivity contribution in [2.45, 2.75) is 24.7 Å². The number of halogens is 12. The van der Waals surface area contributed by atoms with Crippen LogP contribution in [0.25, 0.3) is 0 Å². The number of alkyl halides is 12. The Bertz CT molecular complexity index is 278. The van der Waals surface area contributed by atoms with E-state index in [0.29, 0.717) is 0 Å². The minimum atomic E-state index is -5.38. The first-order valence-corrected chi connectivity index (χ1v) is 3.97. The number of rotatable bonds is 0. The summed E-state index contributed by atoms with van der Waals surface area (Å²) in [5.74, 6) is 0. The van der Waals surface area contributed by atoms with E-state index in [1.54, 1.807) is 0 Å². The summed E-state index contributed by atoms with van der Waals surface area (Å²) in [7, 11) is 0. The molecule has 0 unspecified atom stereocenters. The predicted molar refractivity (Wildman–Crippen MR) is 42.5 cm³/mol. The Balaban J connectivity index is 0. The molecule has 0 aliphatic heterocycles. The quantitative estimate of drug-likeness (QED) is 0.416. The lowest BCUT2D eigenvalue weighted by Crippen LogP contribution is -2.24. The first kappa shape index (κ1) is 20.9. The van der Waals surface area contributed by atoms with Gasteiger partial charge in [0.15, 0.2) is 0 Å². The molecule has 0 radical (unpaired) electrons. The standard InChI is InChI=1S/2C4H2F6/c2*1-2(3(5,6)7)4(8,9)10/h2*1H2. The van der Waals surface area contributed by atoms with Crippen molar-refractivity contribution >= 4 is 0 Å². The molecule has 0 N–H and O–H groups in total. The average molecular weight is 328 g/mol. The van der Waals surface area contributed by atoms with Crippen molar-refractivity contribution in [3.05, 3.63) is 24.3 Å². The Kier molecular flexibility index (Phi) is 6.24. The summed E-state index contributed by atoms with van der Waals surface area (Å²) in [6.45, 7) is 3.69. The zero-order chi connectivity index (χ0) is 17.2. The highest BCUT2D eigenvalue weighted by Crippen LogP contribution is 2.37. The van der Waals surface area contributed by atoms with E-state index in [0.717, 1.165) is 0 Å². The van der Waals surface area contributed by atoms with Gasteiger partial charge in [0.1, 0.15) is 11.1 Å². The summed E-state index contributed by atoms with van der Waals surface area (Å²) in [5.41, 5.74) is -5.36. The van der Waals surface area contributed by atoms with Crippen molar-refractivity contribution < 1.29 is 52.7 Å². The minimum absolute atomic E-state index is 1.85. The fraction of sp³-hybridized carbons (Fsp3) is 0.500. The van der Waals surface area contributed by atoms with Gasteiger partial charge in [-0.15, -0.1) is 0 Å². The molecule has 0 aliphatic carbocycles. The highest BCUT2D eigenvalue weighted by molar-refractivity contribution is 5.09. The Morgan fingerprint density at radius 1 is 0.400 bits per heavy atom. The molecule has 0 aromatic heterocycles. The van der Waals surface area contributed by atoms with Gasteiger partial charge < -0.3 is 0 Å². The van der Waals surface area contributed by atoms with Crippen LogP contribution in [0.5, 0.6) is 0 Å². The normalized spacial score (nSPS) is 13.4. The van der Waals surface area contributed by atoms with E-state index in [4.69, 9.17) is 0 Å². The van der Waals surface area contributed by atoms with Crippen molar-refractivity contribution in [1.82, 2.24) is 0 Å². The third-order valence-corrected chi connectivity index (χ3v) is 1.37. The van der Waals surface area contributed by atoms with Crippen molar-refractivity contribution in [3.8, 4) is 0 Å². The van der Waals surface area contributed by atoms with Gasteiger partial charge in [-0.1, -0.05) is 13.2 Å². The van der Waals surface area contributed by atoms with E-state index < -0.39 is 35.9 Å². The summed E-state index contributed by atoms with van der Waals surface area (Å²) in [4.78, 5) is 0. The molecule has 0 spiro atoms. The SMILES string of the molecule is C=C(C(F)(F)F)C(F)(F)F.C=C(C(F)(F)F)C(F)(F)F. The Morgan fingerprint density at radius 2 is 0.500 bits per heavy atom. The molecule has 0 nitrogen and oxygen atoms in total. The minimum Gasteiger partial charge on any atom is -0.166 e. The molecule has 12 heteroatoms. The fourth-order valence-corrected chi connectivity index (χ4v) is 0.321. The van der Waals surface area contributed by atoms with Crippen LogP contribution in [0.2, 0.25) is 0 Å². The Hall–Kier alpha value is -1.36. The molecule has 0 bridgehead atoms. The first-order chi connectivity index (χ1) is 8.31. The molecule has 0 aromatic rings. The zero-order valence-electron chi connectivity index (χ0n) is 8.95. The van der Waals surface area contributed by atoms with Crippen LogP contribution in [-0.2, 0) is 0 Å².